The predicted molar refractivity (Wildman–Crippen MR) is 108 cm³/mol. The molecule has 0 bridgehead atoms. The van der Waals surface area contributed by atoms with Crippen molar-refractivity contribution in [2.45, 2.75) is 6.92 Å². The third-order valence-corrected chi connectivity index (χ3v) is 4.35. The molecule has 0 saturated carbocycles. The van der Waals surface area contributed by atoms with Gasteiger partial charge < -0.3 is 20.9 Å². The molecule has 4 heterocycles. The van der Waals surface area contributed by atoms with Crippen molar-refractivity contribution < 1.29 is 9.32 Å². The minimum atomic E-state index is -0.785. The standard InChI is InChI=1S/C19H17N7O3/c1-10-5-3-7-22-18(10)26-8-4-6-11(19(26)28)23-13-9-12(21-2)14-15(24-13)16(17(20)27)29-25-14/h3-9,21H,1-2H3,(H2,20,27)(H,23,24). The third kappa shape index (κ3) is 3.16. The van der Waals surface area contributed by atoms with Gasteiger partial charge in [-0.1, -0.05) is 11.2 Å². The summed E-state index contributed by atoms with van der Waals surface area (Å²) in [6.45, 7) is 1.88. The summed E-state index contributed by atoms with van der Waals surface area (Å²) < 4.78 is 6.46. The molecule has 0 saturated heterocycles. The average Bonchev–Trinajstić information content (AvgIpc) is 3.14. The molecule has 0 radical (unpaired) electrons. The molecule has 1 amide bonds. The van der Waals surface area contributed by atoms with Crippen LogP contribution in [0.1, 0.15) is 16.1 Å². The molecule has 10 heteroatoms. The summed E-state index contributed by atoms with van der Waals surface area (Å²) in [4.78, 5) is 33.2. The zero-order valence-corrected chi connectivity index (χ0v) is 15.6. The summed E-state index contributed by atoms with van der Waals surface area (Å²) in [5.41, 5.74) is 7.29. The van der Waals surface area contributed by atoms with Crippen LogP contribution in [0, 0.1) is 6.92 Å². The van der Waals surface area contributed by atoms with Crippen LogP contribution in [0.4, 0.5) is 17.2 Å². The number of aryl methyl sites for hydroxylation is 1. The minimum absolute atomic E-state index is 0.158. The van der Waals surface area contributed by atoms with E-state index in [9.17, 15) is 9.59 Å². The molecule has 0 aliphatic carbocycles. The van der Waals surface area contributed by atoms with Crippen LogP contribution < -0.4 is 21.9 Å². The van der Waals surface area contributed by atoms with Gasteiger partial charge in [-0.2, -0.15) is 0 Å². The van der Waals surface area contributed by atoms with Gasteiger partial charge in [0.1, 0.15) is 22.8 Å². The number of carbonyl (C=O) groups excluding carboxylic acids is 1. The number of nitrogens with zero attached hydrogens (tertiary/aromatic N) is 4. The SMILES string of the molecule is CNc1cc(Nc2cccn(-c3ncccc3C)c2=O)nc2c(C(N)=O)onc12. The first kappa shape index (κ1) is 18.2. The summed E-state index contributed by atoms with van der Waals surface area (Å²) >= 11 is 0. The van der Waals surface area contributed by atoms with Crippen molar-refractivity contribution in [1.29, 1.82) is 0 Å². The maximum atomic E-state index is 13.0. The predicted octanol–water partition coefficient (Wildman–Crippen LogP) is 1.96. The molecule has 0 spiro atoms. The van der Waals surface area contributed by atoms with Gasteiger partial charge in [0.2, 0.25) is 5.76 Å². The van der Waals surface area contributed by atoms with Crippen LogP contribution in [0.5, 0.6) is 0 Å². The van der Waals surface area contributed by atoms with E-state index in [2.05, 4.69) is 25.8 Å². The number of rotatable bonds is 5. The first-order valence-electron chi connectivity index (χ1n) is 8.68. The summed E-state index contributed by atoms with van der Waals surface area (Å²) in [6, 6.07) is 8.69. The van der Waals surface area contributed by atoms with Crippen molar-refractivity contribution in [3.63, 3.8) is 0 Å². The van der Waals surface area contributed by atoms with E-state index in [-0.39, 0.29) is 22.5 Å². The molecule has 0 unspecified atom stereocenters. The molecule has 0 fully saturated rings. The number of pyridine rings is 3. The Morgan fingerprint density at radius 1 is 1.21 bits per heavy atom. The number of carbonyl (C=O) groups is 1. The van der Waals surface area contributed by atoms with E-state index in [0.29, 0.717) is 22.8 Å². The zero-order valence-electron chi connectivity index (χ0n) is 15.6. The highest BCUT2D eigenvalue weighted by atomic mass is 16.5. The average molecular weight is 391 g/mol. The number of nitrogens with one attached hydrogen (secondary N) is 2. The molecule has 0 aliphatic heterocycles. The summed E-state index contributed by atoms with van der Waals surface area (Å²) in [6.07, 6.45) is 3.27. The lowest BCUT2D eigenvalue weighted by Crippen LogP contribution is -2.22. The fourth-order valence-corrected chi connectivity index (χ4v) is 2.96. The molecule has 4 aromatic rings. The van der Waals surface area contributed by atoms with Gasteiger partial charge >= 0.3 is 0 Å². The highest BCUT2D eigenvalue weighted by Gasteiger charge is 2.19. The second-order valence-electron chi connectivity index (χ2n) is 6.24. The number of primary amides is 1. The van der Waals surface area contributed by atoms with Crippen molar-refractivity contribution >= 4 is 34.1 Å². The Bertz CT molecular complexity index is 1290. The van der Waals surface area contributed by atoms with Crippen LogP contribution in [-0.2, 0) is 0 Å². The van der Waals surface area contributed by atoms with Crippen LogP contribution in [0.25, 0.3) is 16.9 Å². The number of hydrogen-bond acceptors (Lipinski definition) is 8. The lowest BCUT2D eigenvalue weighted by molar-refractivity contribution is 0.0967. The monoisotopic (exact) mass is 391 g/mol. The molecule has 0 aromatic carbocycles. The van der Waals surface area contributed by atoms with Crippen molar-refractivity contribution in [1.82, 2.24) is 19.7 Å². The van der Waals surface area contributed by atoms with Crippen LogP contribution in [0.15, 0.2) is 52.0 Å². The Balaban J connectivity index is 1.81. The van der Waals surface area contributed by atoms with Gasteiger partial charge in [-0.15, -0.1) is 0 Å². The third-order valence-electron chi connectivity index (χ3n) is 4.35. The second-order valence-corrected chi connectivity index (χ2v) is 6.24. The number of hydrogen-bond donors (Lipinski definition) is 3. The van der Waals surface area contributed by atoms with E-state index in [1.54, 1.807) is 43.7 Å². The normalized spacial score (nSPS) is 10.8. The molecular weight excluding hydrogens is 374 g/mol. The number of amides is 1. The van der Waals surface area contributed by atoms with E-state index in [4.69, 9.17) is 10.3 Å². The molecule has 0 aliphatic rings. The van der Waals surface area contributed by atoms with Gasteiger partial charge in [0.05, 0.1) is 5.69 Å². The molecule has 29 heavy (non-hydrogen) atoms. The fraction of sp³-hybridized carbons (Fsp3) is 0.105. The van der Waals surface area contributed by atoms with Crippen LogP contribution in [-0.4, -0.2) is 32.6 Å². The summed E-state index contributed by atoms with van der Waals surface area (Å²) in [5.74, 6) is -0.0858. The van der Waals surface area contributed by atoms with Gasteiger partial charge in [-0.25, -0.2) is 9.97 Å². The van der Waals surface area contributed by atoms with E-state index in [0.717, 1.165) is 5.56 Å². The number of nitrogens with two attached hydrogens (primary N) is 1. The Kier molecular flexibility index (Phi) is 4.43. The lowest BCUT2D eigenvalue weighted by Gasteiger charge is -2.11. The molecule has 4 aromatic heterocycles. The number of aromatic nitrogens is 4. The first-order valence-corrected chi connectivity index (χ1v) is 8.68. The van der Waals surface area contributed by atoms with E-state index >= 15 is 0 Å². The van der Waals surface area contributed by atoms with E-state index < -0.39 is 5.91 Å². The maximum absolute atomic E-state index is 13.0. The maximum Gasteiger partial charge on any atom is 0.289 e. The number of anilines is 3. The molecular formula is C19H17N7O3. The van der Waals surface area contributed by atoms with Gasteiger partial charge in [-0.05, 0) is 30.7 Å². The van der Waals surface area contributed by atoms with Gasteiger partial charge in [0.15, 0.2) is 5.52 Å². The molecule has 4 N–H and O–H groups in total. The highest BCUT2D eigenvalue weighted by Crippen LogP contribution is 2.27. The summed E-state index contributed by atoms with van der Waals surface area (Å²) in [7, 11) is 1.69. The second kappa shape index (κ2) is 7.08. The largest absolute Gasteiger partial charge is 0.386 e. The van der Waals surface area contributed by atoms with Crippen molar-refractivity contribution in [2.24, 2.45) is 5.73 Å². The number of fused-ring (bicyclic) bond motifs is 1. The Morgan fingerprint density at radius 2 is 2.03 bits per heavy atom. The van der Waals surface area contributed by atoms with Gasteiger partial charge in [0.25, 0.3) is 11.5 Å². The Labute approximate surface area is 164 Å². The zero-order chi connectivity index (χ0) is 20.5. The fourth-order valence-electron chi connectivity index (χ4n) is 2.96. The quantitative estimate of drug-likeness (QED) is 0.469. The topological polar surface area (TPSA) is 141 Å². The van der Waals surface area contributed by atoms with Crippen LogP contribution in [0.2, 0.25) is 0 Å². The molecule has 10 nitrogen and oxygen atoms in total. The Morgan fingerprint density at radius 3 is 2.76 bits per heavy atom. The van der Waals surface area contributed by atoms with E-state index in [1.807, 2.05) is 13.0 Å². The van der Waals surface area contributed by atoms with Crippen molar-refractivity contribution in [3.05, 3.63) is 64.4 Å². The van der Waals surface area contributed by atoms with Crippen LogP contribution in [0.3, 0.4) is 0 Å². The van der Waals surface area contributed by atoms with Crippen molar-refractivity contribution in [3.8, 4) is 5.82 Å². The first-order chi connectivity index (χ1) is 14.0. The molecule has 4 rings (SSSR count). The Hall–Kier alpha value is -4.21. The van der Waals surface area contributed by atoms with E-state index in [1.165, 1.54) is 4.57 Å². The van der Waals surface area contributed by atoms with Gasteiger partial charge in [0, 0.05) is 25.5 Å². The summed E-state index contributed by atoms with van der Waals surface area (Å²) in [5, 5.41) is 9.79. The van der Waals surface area contributed by atoms with Gasteiger partial charge in [-0.3, -0.25) is 14.2 Å². The van der Waals surface area contributed by atoms with Crippen LogP contribution >= 0.6 is 0 Å². The smallest absolute Gasteiger partial charge is 0.289 e. The van der Waals surface area contributed by atoms with Crippen molar-refractivity contribution in [2.75, 3.05) is 17.7 Å². The minimum Gasteiger partial charge on any atom is -0.386 e. The lowest BCUT2D eigenvalue weighted by atomic mass is 10.2. The molecule has 146 valence electrons. The molecule has 0 atom stereocenters. The highest BCUT2D eigenvalue weighted by molar-refractivity contribution is 6.04.